The van der Waals surface area contributed by atoms with Gasteiger partial charge in [0, 0.05) is 44.5 Å². The zero-order chi connectivity index (χ0) is 16.4. The number of aromatic nitrogens is 2. The van der Waals surface area contributed by atoms with Gasteiger partial charge in [0.05, 0.1) is 13.2 Å². The van der Waals surface area contributed by atoms with Crippen molar-refractivity contribution in [2.75, 3.05) is 44.3 Å². The average Bonchev–Trinajstić information content (AvgIpc) is 3.49. The monoisotopic (exact) mass is 331 g/mol. The van der Waals surface area contributed by atoms with Crippen LogP contribution < -0.4 is 4.90 Å². The van der Waals surface area contributed by atoms with Gasteiger partial charge >= 0.3 is 6.03 Å². The van der Waals surface area contributed by atoms with E-state index in [1.807, 2.05) is 22.1 Å². The van der Waals surface area contributed by atoms with Gasteiger partial charge in [-0.1, -0.05) is 0 Å². The summed E-state index contributed by atoms with van der Waals surface area (Å²) in [6, 6.07) is 3.27. The maximum atomic E-state index is 12.6. The van der Waals surface area contributed by atoms with Gasteiger partial charge in [-0.2, -0.15) is 0 Å². The van der Waals surface area contributed by atoms with Gasteiger partial charge in [0.1, 0.15) is 12.1 Å². The van der Waals surface area contributed by atoms with Crippen molar-refractivity contribution in [3.63, 3.8) is 0 Å². The molecule has 0 atom stereocenters. The smallest absolute Gasteiger partial charge is 0.320 e. The summed E-state index contributed by atoms with van der Waals surface area (Å²) in [5.74, 6) is 1.03. The molecule has 2 aliphatic heterocycles. The molecule has 2 amide bonds. The third-order valence-corrected chi connectivity index (χ3v) is 5.18. The molecule has 0 N–H and O–H groups in total. The molecule has 7 heteroatoms. The molecule has 3 fully saturated rings. The first-order valence-electron chi connectivity index (χ1n) is 8.99. The number of nitrogens with zero attached hydrogens (tertiary/aromatic N) is 5. The first-order chi connectivity index (χ1) is 11.8. The van der Waals surface area contributed by atoms with E-state index in [4.69, 9.17) is 4.74 Å². The minimum Gasteiger partial charge on any atom is -0.378 e. The lowest BCUT2D eigenvalue weighted by Gasteiger charge is -2.41. The van der Waals surface area contributed by atoms with Gasteiger partial charge in [-0.3, -0.25) is 0 Å². The Kier molecular flexibility index (Phi) is 4.51. The number of amides is 2. The average molecular weight is 331 g/mol. The summed E-state index contributed by atoms with van der Waals surface area (Å²) >= 11 is 0. The van der Waals surface area contributed by atoms with Crippen LogP contribution in [0, 0.1) is 0 Å². The molecule has 1 aromatic heterocycles. The van der Waals surface area contributed by atoms with Gasteiger partial charge in [-0.25, -0.2) is 14.8 Å². The predicted octanol–water partition coefficient (Wildman–Crippen LogP) is 1.36. The second kappa shape index (κ2) is 6.93. The molecule has 0 bridgehead atoms. The molecule has 0 unspecified atom stereocenters. The summed E-state index contributed by atoms with van der Waals surface area (Å²) in [7, 11) is 0. The highest BCUT2D eigenvalue weighted by Gasteiger charge is 2.37. The van der Waals surface area contributed by atoms with E-state index in [0.717, 1.165) is 31.7 Å². The van der Waals surface area contributed by atoms with Crippen LogP contribution in [0.15, 0.2) is 18.6 Å². The zero-order valence-electron chi connectivity index (χ0n) is 14.0. The van der Waals surface area contributed by atoms with E-state index < -0.39 is 0 Å². The molecule has 1 saturated carbocycles. The van der Waals surface area contributed by atoms with E-state index in [1.54, 1.807) is 6.33 Å². The summed E-state index contributed by atoms with van der Waals surface area (Å²) in [5.41, 5.74) is 0. The molecule has 3 heterocycles. The molecule has 0 spiro atoms. The molecular formula is C17H25N5O2. The Hall–Kier alpha value is -1.89. The number of carbonyl (C=O) groups excluding carboxylic acids is 1. The molecule has 24 heavy (non-hydrogen) atoms. The third-order valence-electron chi connectivity index (χ3n) is 5.18. The van der Waals surface area contributed by atoms with E-state index >= 15 is 0 Å². The van der Waals surface area contributed by atoms with Crippen molar-refractivity contribution >= 4 is 11.8 Å². The lowest BCUT2D eigenvalue weighted by molar-refractivity contribution is 0.0411. The largest absolute Gasteiger partial charge is 0.378 e. The Morgan fingerprint density at radius 2 is 1.71 bits per heavy atom. The van der Waals surface area contributed by atoms with Gasteiger partial charge in [0.25, 0.3) is 0 Å². The standard InChI is InChI=1S/C17H25N5O2/c23-17(21-9-11-24-12-10-21)20-7-4-15(5-8-20)22(14-1-2-14)16-3-6-18-13-19-16/h3,6,13-15H,1-2,4-5,7-12H2. The fourth-order valence-electron chi connectivity index (χ4n) is 3.75. The first kappa shape index (κ1) is 15.6. The number of rotatable bonds is 3. The van der Waals surface area contributed by atoms with Gasteiger partial charge in [-0.05, 0) is 31.7 Å². The van der Waals surface area contributed by atoms with Crippen molar-refractivity contribution in [2.24, 2.45) is 0 Å². The van der Waals surface area contributed by atoms with Crippen molar-refractivity contribution < 1.29 is 9.53 Å². The van der Waals surface area contributed by atoms with Crippen LogP contribution in [0.25, 0.3) is 0 Å². The number of urea groups is 1. The molecule has 3 aliphatic rings. The Morgan fingerprint density at radius 1 is 1.04 bits per heavy atom. The zero-order valence-corrected chi connectivity index (χ0v) is 14.0. The minimum absolute atomic E-state index is 0.178. The maximum absolute atomic E-state index is 12.6. The van der Waals surface area contributed by atoms with Crippen molar-refractivity contribution in [1.29, 1.82) is 0 Å². The quantitative estimate of drug-likeness (QED) is 0.837. The molecule has 0 aromatic carbocycles. The predicted molar refractivity (Wildman–Crippen MR) is 89.9 cm³/mol. The maximum Gasteiger partial charge on any atom is 0.320 e. The van der Waals surface area contributed by atoms with Crippen LogP contribution in [0.5, 0.6) is 0 Å². The molecule has 1 aliphatic carbocycles. The van der Waals surface area contributed by atoms with Crippen LogP contribution in [0.1, 0.15) is 25.7 Å². The number of piperidine rings is 1. The molecule has 4 rings (SSSR count). The summed E-state index contributed by atoms with van der Waals surface area (Å²) in [6.45, 7) is 4.41. The van der Waals surface area contributed by atoms with Crippen LogP contribution in [-0.2, 0) is 4.74 Å². The van der Waals surface area contributed by atoms with Crippen LogP contribution in [-0.4, -0.2) is 77.3 Å². The normalized spacial score (nSPS) is 22.5. The molecule has 1 aromatic rings. The Labute approximate surface area is 142 Å². The van der Waals surface area contributed by atoms with Crippen LogP contribution in [0.3, 0.4) is 0 Å². The van der Waals surface area contributed by atoms with Crippen LogP contribution in [0.4, 0.5) is 10.6 Å². The molecule has 2 saturated heterocycles. The topological polar surface area (TPSA) is 61.8 Å². The third kappa shape index (κ3) is 3.31. The number of hydrogen-bond donors (Lipinski definition) is 0. The number of hydrogen-bond acceptors (Lipinski definition) is 5. The summed E-state index contributed by atoms with van der Waals surface area (Å²) in [5, 5.41) is 0. The Bertz CT molecular complexity index is 551. The molecular weight excluding hydrogens is 306 g/mol. The molecule has 130 valence electrons. The highest BCUT2D eigenvalue weighted by Crippen LogP contribution is 2.35. The first-order valence-corrected chi connectivity index (χ1v) is 8.99. The van der Waals surface area contributed by atoms with E-state index in [1.165, 1.54) is 12.8 Å². The number of morpholine rings is 1. The van der Waals surface area contributed by atoms with Gasteiger partial charge < -0.3 is 19.4 Å². The van der Waals surface area contributed by atoms with Crippen LogP contribution in [0.2, 0.25) is 0 Å². The highest BCUT2D eigenvalue weighted by atomic mass is 16.5. The van der Waals surface area contributed by atoms with Crippen molar-refractivity contribution in [3.8, 4) is 0 Å². The summed E-state index contributed by atoms with van der Waals surface area (Å²) in [4.78, 5) is 27.5. The van der Waals surface area contributed by atoms with Gasteiger partial charge in [0.2, 0.25) is 0 Å². The fraction of sp³-hybridized carbons (Fsp3) is 0.706. The van der Waals surface area contributed by atoms with Gasteiger partial charge in [0.15, 0.2) is 0 Å². The second-order valence-corrected chi connectivity index (χ2v) is 6.81. The van der Waals surface area contributed by atoms with Crippen molar-refractivity contribution in [1.82, 2.24) is 19.8 Å². The Morgan fingerprint density at radius 3 is 2.33 bits per heavy atom. The van der Waals surface area contributed by atoms with Crippen molar-refractivity contribution in [2.45, 2.75) is 37.8 Å². The molecule has 0 radical (unpaired) electrons. The molecule has 7 nitrogen and oxygen atoms in total. The lowest BCUT2D eigenvalue weighted by atomic mass is 10.0. The van der Waals surface area contributed by atoms with Gasteiger partial charge in [-0.15, -0.1) is 0 Å². The van der Waals surface area contributed by atoms with Crippen LogP contribution >= 0.6 is 0 Å². The number of likely N-dealkylation sites (tertiary alicyclic amines) is 1. The van der Waals surface area contributed by atoms with E-state index in [0.29, 0.717) is 38.4 Å². The minimum atomic E-state index is 0.178. The Balaban J connectivity index is 1.37. The summed E-state index contributed by atoms with van der Waals surface area (Å²) in [6.07, 6.45) is 7.96. The number of ether oxygens (including phenoxy) is 1. The SMILES string of the molecule is O=C(N1CCOCC1)N1CCC(N(c2ccncn2)C2CC2)CC1. The highest BCUT2D eigenvalue weighted by molar-refractivity contribution is 5.74. The van der Waals surface area contributed by atoms with E-state index in [2.05, 4.69) is 14.9 Å². The summed E-state index contributed by atoms with van der Waals surface area (Å²) < 4.78 is 5.34. The fourth-order valence-corrected chi connectivity index (χ4v) is 3.75. The lowest BCUT2D eigenvalue weighted by Crippen LogP contribution is -2.53. The van der Waals surface area contributed by atoms with Crippen molar-refractivity contribution in [3.05, 3.63) is 18.6 Å². The number of carbonyl (C=O) groups is 1. The number of anilines is 1. The van der Waals surface area contributed by atoms with E-state index in [9.17, 15) is 4.79 Å². The second-order valence-electron chi connectivity index (χ2n) is 6.81. The van der Waals surface area contributed by atoms with E-state index in [-0.39, 0.29) is 6.03 Å².